The van der Waals surface area contributed by atoms with E-state index in [1.54, 1.807) is 6.07 Å². The predicted molar refractivity (Wildman–Crippen MR) is 153 cm³/mol. The highest BCUT2D eigenvalue weighted by molar-refractivity contribution is 5.95. The Balaban J connectivity index is 1.53. The van der Waals surface area contributed by atoms with Crippen LogP contribution in [0.1, 0.15) is 99.3 Å². The maximum atomic E-state index is 13.6. The highest BCUT2D eigenvalue weighted by Crippen LogP contribution is 2.42. The van der Waals surface area contributed by atoms with Crippen LogP contribution >= 0.6 is 0 Å². The molecule has 1 unspecified atom stereocenters. The fourth-order valence-electron chi connectivity index (χ4n) is 5.96. The lowest BCUT2D eigenvalue weighted by Crippen LogP contribution is -2.51. The normalized spacial score (nSPS) is 26.1. The van der Waals surface area contributed by atoms with Crippen LogP contribution in [0.3, 0.4) is 0 Å². The van der Waals surface area contributed by atoms with E-state index in [2.05, 4.69) is 17.6 Å². The number of guanidine groups is 1. The third kappa shape index (κ3) is 6.03. The Bertz CT molecular complexity index is 1290. The Hall–Kier alpha value is -3.75. The lowest BCUT2D eigenvalue weighted by Gasteiger charge is -2.38. The zero-order valence-electron chi connectivity index (χ0n) is 23.6. The highest BCUT2D eigenvalue weighted by atomic mass is 16.5. The third-order valence-corrected chi connectivity index (χ3v) is 8.18. The van der Waals surface area contributed by atoms with Gasteiger partial charge in [-0.25, -0.2) is 4.99 Å². The quantitative estimate of drug-likeness (QED) is 0.473. The molecule has 4 N–H and O–H groups in total. The van der Waals surface area contributed by atoms with Crippen LogP contribution in [0.5, 0.6) is 17.2 Å². The molecule has 0 aliphatic carbocycles. The van der Waals surface area contributed by atoms with Crippen molar-refractivity contribution in [2.45, 2.75) is 88.9 Å². The molecule has 3 aliphatic rings. The molecule has 0 radical (unpaired) electrons. The molecule has 2 aromatic carbocycles. The van der Waals surface area contributed by atoms with Crippen LogP contribution in [0, 0.1) is 0 Å². The van der Waals surface area contributed by atoms with Crippen LogP contribution in [0.2, 0.25) is 0 Å². The lowest BCUT2D eigenvalue weighted by molar-refractivity contribution is -0.109. The van der Waals surface area contributed by atoms with Crippen molar-refractivity contribution in [1.29, 1.82) is 0 Å². The van der Waals surface area contributed by atoms with Crippen molar-refractivity contribution in [3.8, 4) is 17.2 Å². The van der Waals surface area contributed by atoms with Crippen molar-refractivity contribution in [1.82, 2.24) is 10.6 Å². The van der Waals surface area contributed by atoms with Gasteiger partial charge in [0.15, 0.2) is 5.96 Å². The van der Waals surface area contributed by atoms with Gasteiger partial charge < -0.3 is 35.4 Å². The summed E-state index contributed by atoms with van der Waals surface area (Å²) in [5, 5.41) is 6.62. The molecule has 0 spiro atoms. The Kier molecular flexibility index (Phi) is 7.92. The van der Waals surface area contributed by atoms with Crippen LogP contribution in [0.4, 0.5) is 0 Å². The summed E-state index contributed by atoms with van der Waals surface area (Å²) in [5.74, 6) is 2.28. The fraction of sp³-hybridized carbons (Fsp3) is 0.516. The summed E-state index contributed by atoms with van der Waals surface area (Å²) in [4.78, 5) is 30.0. The minimum atomic E-state index is -0.489. The first kappa shape index (κ1) is 27.8. The number of nitrogens with two attached hydrogens (primary N) is 1. The SMILES string of the molecule is CC[C@]1(CC=O)CCCCOc2ccc3c(c2)[C@H](CC(C)(C)O3)NC(=O)c2ccc3c(c2)C(CCO3)N=C(N)N1. The van der Waals surface area contributed by atoms with Crippen molar-refractivity contribution < 1.29 is 23.8 Å². The van der Waals surface area contributed by atoms with E-state index < -0.39 is 11.1 Å². The maximum Gasteiger partial charge on any atom is 0.251 e. The Labute approximate surface area is 235 Å². The number of hydrogen-bond acceptors (Lipinski definition) is 8. The molecule has 3 aliphatic heterocycles. The predicted octanol–water partition coefficient (Wildman–Crippen LogP) is 4.75. The van der Waals surface area contributed by atoms with E-state index in [-0.39, 0.29) is 18.0 Å². The average molecular weight is 549 g/mol. The second kappa shape index (κ2) is 11.4. The van der Waals surface area contributed by atoms with Crippen molar-refractivity contribution >= 4 is 18.2 Å². The van der Waals surface area contributed by atoms with Crippen LogP contribution in [-0.2, 0) is 4.79 Å². The summed E-state index contributed by atoms with van der Waals surface area (Å²) >= 11 is 0. The molecule has 214 valence electrons. The van der Waals surface area contributed by atoms with Gasteiger partial charge in [-0.3, -0.25) is 4.79 Å². The molecule has 2 aromatic rings. The first-order valence-corrected chi connectivity index (χ1v) is 14.3. The van der Waals surface area contributed by atoms with Gasteiger partial charge >= 0.3 is 0 Å². The van der Waals surface area contributed by atoms with Crippen molar-refractivity contribution in [3.63, 3.8) is 0 Å². The van der Waals surface area contributed by atoms with Gasteiger partial charge in [-0.2, -0.15) is 0 Å². The van der Waals surface area contributed by atoms with E-state index in [4.69, 9.17) is 24.9 Å². The molecule has 3 atom stereocenters. The molecule has 40 heavy (non-hydrogen) atoms. The van der Waals surface area contributed by atoms with E-state index in [0.717, 1.165) is 54.6 Å². The average Bonchev–Trinajstić information content (AvgIpc) is 2.92. The molecule has 0 saturated carbocycles. The molecular formula is C31H40N4O5. The number of aldehydes is 1. The van der Waals surface area contributed by atoms with Gasteiger partial charge in [0.2, 0.25) is 0 Å². The van der Waals surface area contributed by atoms with Gasteiger partial charge in [-0.05, 0) is 75.9 Å². The van der Waals surface area contributed by atoms with Gasteiger partial charge in [-0.1, -0.05) is 6.92 Å². The van der Waals surface area contributed by atoms with Crippen LogP contribution in [-0.4, -0.2) is 42.5 Å². The van der Waals surface area contributed by atoms with Gasteiger partial charge in [0.1, 0.15) is 29.1 Å². The Morgan fingerprint density at radius 3 is 2.70 bits per heavy atom. The van der Waals surface area contributed by atoms with Crippen LogP contribution in [0.15, 0.2) is 41.4 Å². The van der Waals surface area contributed by atoms with E-state index in [1.165, 1.54) is 0 Å². The molecular weight excluding hydrogens is 508 g/mol. The molecule has 0 saturated heterocycles. The number of nitrogens with zero attached hydrogens (tertiary/aromatic N) is 1. The van der Waals surface area contributed by atoms with E-state index >= 15 is 0 Å². The Morgan fingerprint density at radius 2 is 1.90 bits per heavy atom. The lowest BCUT2D eigenvalue weighted by atomic mass is 9.87. The zero-order chi connectivity index (χ0) is 28.3. The van der Waals surface area contributed by atoms with Crippen molar-refractivity contribution in [3.05, 3.63) is 53.1 Å². The summed E-state index contributed by atoms with van der Waals surface area (Å²) in [6, 6.07) is 10.7. The summed E-state index contributed by atoms with van der Waals surface area (Å²) < 4.78 is 18.2. The smallest absolute Gasteiger partial charge is 0.251 e. The molecule has 5 rings (SSSR count). The first-order chi connectivity index (χ1) is 19.2. The fourth-order valence-corrected chi connectivity index (χ4v) is 5.96. The van der Waals surface area contributed by atoms with Crippen LogP contribution < -0.4 is 30.6 Å². The summed E-state index contributed by atoms with van der Waals surface area (Å²) in [7, 11) is 0. The monoisotopic (exact) mass is 548 g/mol. The first-order valence-electron chi connectivity index (χ1n) is 14.3. The standard InChI is InChI=1S/C31H40N4O5/c1-4-31(13-14-36)12-5-6-15-38-21-8-10-27-23(18-21)25(19-30(2,3)40-27)33-28(37)20-7-9-26-22(17-20)24(11-16-39-26)34-29(32)35-31/h7-10,14,17-18,24-25H,4-6,11-13,15-16,19H2,1-3H3,(H,33,37)(H3,32,34,35)/t24?,25-,31+/m0/s1. The van der Waals surface area contributed by atoms with Crippen LogP contribution in [0.25, 0.3) is 0 Å². The maximum absolute atomic E-state index is 13.6. The molecule has 9 heteroatoms. The second-order valence-corrected chi connectivity index (χ2v) is 11.6. The number of carbonyl (C=O) groups excluding carboxylic acids is 2. The van der Waals surface area contributed by atoms with Gasteiger partial charge in [0.25, 0.3) is 5.91 Å². The topological polar surface area (TPSA) is 124 Å². The number of fused-ring (bicyclic) bond motifs is 2. The number of aliphatic imine (C=N–C) groups is 1. The van der Waals surface area contributed by atoms with Gasteiger partial charge in [-0.15, -0.1) is 0 Å². The third-order valence-electron chi connectivity index (χ3n) is 8.18. The summed E-state index contributed by atoms with van der Waals surface area (Å²) in [6.45, 7) is 7.14. The molecule has 4 bridgehead atoms. The van der Waals surface area contributed by atoms with Gasteiger partial charge in [0, 0.05) is 41.5 Å². The number of ether oxygens (including phenoxy) is 3. The minimum absolute atomic E-state index is 0.184. The number of carbonyl (C=O) groups is 2. The largest absolute Gasteiger partial charge is 0.494 e. The number of nitrogens with one attached hydrogen (secondary N) is 2. The number of amides is 1. The van der Waals surface area contributed by atoms with Gasteiger partial charge in [0.05, 0.1) is 25.3 Å². The van der Waals surface area contributed by atoms with E-state index in [9.17, 15) is 9.59 Å². The second-order valence-electron chi connectivity index (χ2n) is 11.6. The molecule has 3 heterocycles. The molecule has 0 fully saturated rings. The molecule has 0 aromatic heterocycles. The van der Waals surface area contributed by atoms with E-state index in [0.29, 0.717) is 49.7 Å². The summed E-state index contributed by atoms with van der Waals surface area (Å²) in [5.41, 5.74) is 7.76. The molecule has 1 amide bonds. The highest BCUT2D eigenvalue weighted by Gasteiger charge is 2.35. The number of hydrogen-bond donors (Lipinski definition) is 3. The number of rotatable bonds is 3. The molecule has 9 nitrogen and oxygen atoms in total. The Morgan fingerprint density at radius 1 is 1.07 bits per heavy atom. The summed E-state index contributed by atoms with van der Waals surface area (Å²) in [6.07, 6.45) is 5.67. The van der Waals surface area contributed by atoms with E-state index in [1.807, 2.05) is 44.2 Å². The van der Waals surface area contributed by atoms with Crippen molar-refractivity contribution in [2.24, 2.45) is 10.7 Å². The number of benzene rings is 2. The minimum Gasteiger partial charge on any atom is -0.494 e. The van der Waals surface area contributed by atoms with Crippen molar-refractivity contribution in [2.75, 3.05) is 13.2 Å². The zero-order valence-corrected chi connectivity index (χ0v) is 23.6.